The Labute approximate surface area is 166 Å². The van der Waals surface area contributed by atoms with Crippen molar-refractivity contribution < 1.29 is 17.9 Å². The number of sulfone groups is 1. The van der Waals surface area contributed by atoms with Crippen molar-refractivity contribution in [3.63, 3.8) is 0 Å². The summed E-state index contributed by atoms with van der Waals surface area (Å²) in [7, 11) is -3.72. The quantitative estimate of drug-likeness (QED) is 0.801. The van der Waals surface area contributed by atoms with Gasteiger partial charge in [-0.2, -0.15) is 0 Å². The summed E-state index contributed by atoms with van der Waals surface area (Å²) in [5, 5.41) is 1.91. The van der Waals surface area contributed by atoms with E-state index in [0.29, 0.717) is 0 Å². The molecule has 6 nitrogen and oxygen atoms in total. The van der Waals surface area contributed by atoms with Crippen LogP contribution in [0.25, 0.3) is 0 Å². The van der Waals surface area contributed by atoms with E-state index < -0.39 is 38.2 Å². The zero-order valence-corrected chi connectivity index (χ0v) is 17.1. The van der Waals surface area contributed by atoms with Crippen molar-refractivity contribution in [2.45, 2.75) is 48.0 Å². The third-order valence-electron chi connectivity index (χ3n) is 4.89. The normalized spacial score (nSPS) is 24.4. The summed E-state index contributed by atoms with van der Waals surface area (Å²) >= 11 is 0. The summed E-state index contributed by atoms with van der Waals surface area (Å²) in [5.74, 6) is -0.462. The van der Waals surface area contributed by atoms with Crippen LogP contribution in [0, 0.1) is 0 Å². The van der Waals surface area contributed by atoms with Gasteiger partial charge in [-0.05, 0) is 38.5 Å². The first-order chi connectivity index (χ1) is 13.1. The van der Waals surface area contributed by atoms with Gasteiger partial charge in [0.25, 0.3) is 0 Å². The summed E-state index contributed by atoms with van der Waals surface area (Å²) in [6.45, 7) is 5.23. The van der Waals surface area contributed by atoms with Crippen molar-refractivity contribution in [3.05, 3.63) is 66.2 Å². The van der Waals surface area contributed by atoms with Gasteiger partial charge in [0.1, 0.15) is 10.9 Å². The predicted molar refractivity (Wildman–Crippen MR) is 108 cm³/mol. The summed E-state index contributed by atoms with van der Waals surface area (Å²) in [6, 6.07) is 17.5. The molecule has 0 bridgehead atoms. The van der Waals surface area contributed by atoms with E-state index in [4.69, 9.17) is 10.5 Å². The topological polar surface area (TPSA) is 98.5 Å². The van der Waals surface area contributed by atoms with E-state index >= 15 is 0 Å². The van der Waals surface area contributed by atoms with Gasteiger partial charge in [-0.3, -0.25) is 0 Å². The lowest BCUT2D eigenvalue weighted by atomic mass is 10.1. The van der Waals surface area contributed by atoms with Crippen LogP contribution in [0.2, 0.25) is 0 Å². The second-order valence-electron chi connectivity index (χ2n) is 8.04. The second-order valence-corrected chi connectivity index (χ2v) is 10.1. The molecule has 150 valence electrons. The van der Waals surface area contributed by atoms with E-state index in [1.54, 1.807) is 51.1 Å². The van der Waals surface area contributed by atoms with Crippen LogP contribution in [0.4, 0.5) is 4.79 Å². The fraction of sp³-hybridized carbons (Fsp3) is 0.381. The number of amides is 1. The summed E-state index contributed by atoms with van der Waals surface area (Å²) in [6.07, 6.45) is -0.676. The largest absolute Gasteiger partial charge is 0.444 e. The highest BCUT2D eigenvalue weighted by atomic mass is 32.2. The monoisotopic (exact) mass is 402 g/mol. The molecule has 1 fully saturated rings. The predicted octanol–water partition coefficient (Wildman–Crippen LogP) is 2.85. The lowest BCUT2D eigenvalue weighted by Crippen LogP contribution is -2.49. The highest BCUT2D eigenvalue weighted by Gasteiger charge is 2.71. The van der Waals surface area contributed by atoms with E-state index in [9.17, 15) is 13.2 Å². The van der Waals surface area contributed by atoms with Crippen LogP contribution >= 0.6 is 0 Å². The van der Waals surface area contributed by atoms with Crippen molar-refractivity contribution in [1.29, 1.82) is 0 Å². The molecule has 7 heteroatoms. The van der Waals surface area contributed by atoms with Crippen molar-refractivity contribution in [3.8, 4) is 0 Å². The molecular weight excluding hydrogens is 376 g/mol. The molecule has 2 aromatic rings. The van der Waals surface area contributed by atoms with Crippen molar-refractivity contribution in [2.75, 3.05) is 6.54 Å². The molecule has 1 aliphatic rings. The Bertz CT molecular complexity index is 939. The standard InChI is InChI=1S/C21H26N2O4S/c1-20(2,3)27-19(24)23-21(14-22)17(15-10-6-4-7-11-15)18(21)28(25,26)16-12-8-5-9-13-16/h4-13,17-18H,14,22H2,1-3H3,(H,23,24)/t17-,18-,21+/m0/s1. The fourth-order valence-electron chi connectivity index (χ4n) is 3.69. The molecule has 0 saturated heterocycles. The lowest BCUT2D eigenvalue weighted by Gasteiger charge is -2.24. The number of hydrogen-bond donors (Lipinski definition) is 2. The highest BCUT2D eigenvalue weighted by Crippen LogP contribution is 2.56. The van der Waals surface area contributed by atoms with E-state index in [2.05, 4.69) is 5.32 Å². The number of rotatable bonds is 5. The number of nitrogens with one attached hydrogen (secondary N) is 1. The zero-order chi connectivity index (χ0) is 20.6. The third kappa shape index (κ3) is 3.77. The van der Waals surface area contributed by atoms with Crippen LogP contribution in [0.1, 0.15) is 32.3 Å². The van der Waals surface area contributed by atoms with Gasteiger partial charge >= 0.3 is 6.09 Å². The Hall–Kier alpha value is -2.38. The first-order valence-corrected chi connectivity index (χ1v) is 10.7. The van der Waals surface area contributed by atoms with Crippen LogP contribution in [0.15, 0.2) is 65.6 Å². The number of carbonyl (C=O) groups is 1. The van der Waals surface area contributed by atoms with Crippen LogP contribution < -0.4 is 11.1 Å². The molecule has 3 atom stereocenters. The maximum atomic E-state index is 13.4. The van der Waals surface area contributed by atoms with Gasteiger partial charge in [0, 0.05) is 12.5 Å². The molecule has 0 unspecified atom stereocenters. The van der Waals surface area contributed by atoms with Gasteiger partial charge in [-0.25, -0.2) is 13.2 Å². The molecular formula is C21H26N2O4S. The van der Waals surface area contributed by atoms with Gasteiger partial charge < -0.3 is 15.8 Å². The average Bonchev–Trinajstić information content (AvgIpc) is 3.31. The molecule has 2 aromatic carbocycles. The van der Waals surface area contributed by atoms with Gasteiger partial charge in [0.05, 0.1) is 10.4 Å². The Morgan fingerprint density at radius 3 is 2.11 bits per heavy atom. The summed E-state index contributed by atoms with van der Waals surface area (Å²) < 4.78 is 32.1. The summed E-state index contributed by atoms with van der Waals surface area (Å²) in [4.78, 5) is 12.7. The Morgan fingerprint density at radius 2 is 1.61 bits per heavy atom. The van der Waals surface area contributed by atoms with Gasteiger partial charge in [0.2, 0.25) is 0 Å². The number of ether oxygens (including phenoxy) is 1. The molecule has 28 heavy (non-hydrogen) atoms. The number of alkyl carbamates (subject to hydrolysis) is 1. The summed E-state index contributed by atoms with van der Waals surface area (Å²) in [5.41, 5.74) is 5.02. The first-order valence-electron chi connectivity index (χ1n) is 9.17. The van der Waals surface area contributed by atoms with E-state index in [0.717, 1.165) is 5.56 Å². The smallest absolute Gasteiger partial charge is 0.408 e. The third-order valence-corrected chi connectivity index (χ3v) is 7.18. The molecule has 1 saturated carbocycles. The van der Waals surface area contributed by atoms with Gasteiger partial charge in [0.15, 0.2) is 9.84 Å². The minimum absolute atomic E-state index is 0.0253. The SMILES string of the molecule is CC(C)(C)OC(=O)N[C@]1(CN)[C@@H](c2ccccc2)[C@@H]1S(=O)(=O)c1ccccc1. The molecule has 0 radical (unpaired) electrons. The molecule has 0 aromatic heterocycles. The van der Waals surface area contributed by atoms with E-state index in [-0.39, 0.29) is 11.4 Å². The molecule has 3 N–H and O–H groups in total. The van der Waals surface area contributed by atoms with Gasteiger partial charge in [-0.1, -0.05) is 48.5 Å². The fourth-order valence-corrected chi connectivity index (χ4v) is 6.05. The minimum Gasteiger partial charge on any atom is -0.444 e. The van der Waals surface area contributed by atoms with Crippen molar-refractivity contribution in [1.82, 2.24) is 5.32 Å². The number of benzene rings is 2. The van der Waals surface area contributed by atoms with Crippen LogP contribution in [-0.2, 0) is 14.6 Å². The molecule has 0 heterocycles. The molecule has 1 aliphatic carbocycles. The van der Waals surface area contributed by atoms with E-state index in [1.165, 1.54) is 0 Å². The zero-order valence-electron chi connectivity index (χ0n) is 16.3. The Morgan fingerprint density at radius 1 is 1.07 bits per heavy atom. The number of carbonyl (C=O) groups excluding carboxylic acids is 1. The Balaban J connectivity index is 2.01. The first kappa shape index (κ1) is 20.4. The minimum atomic E-state index is -3.72. The maximum Gasteiger partial charge on any atom is 0.408 e. The lowest BCUT2D eigenvalue weighted by molar-refractivity contribution is 0.0497. The van der Waals surface area contributed by atoms with E-state index in [1.807, 2.05) is 30.3 Å². The second kappa shape index (κ2) is 7.22. The van der Waals surface area contributed by atoms with Crippen LogP contribution in [-0.4, -0.2) is 37.4 Å². The van der Waals surface area contributed by atoms with Crippen LogP contribution in [0.5, 0.6) is 0 Å². The molecule has 0 spiro atoms. The molecule has 3 rings (SSSR count). The number of nitrogens with two attached hydrogens (primary N) is 1. The van der Waals surface area contributed by atoms with Crippen molar-refractivity contribution >= 4 is 15.9 Å². The van der Waals surface area contributed by atoms with Crippen molar-refractivity contribution in [2.24, 2.45) is 5.73 Å². The van der Waals surface area contributed by atoms with Gasteiger partial charge in [-0.15, -0.1) is 0 Å². The average molecular weight is 403 g/mol. The number of hydrogen-bond acceptors (Lipinski definition) is 5. The maximum absolute atomic E-state index is 13.4. The Kier molecular flexibility index (Phi) is 5.25. The molecule has 1 amide bonds. The van der Waals surface area contributed by atoms with Crippen LogP contribution in [0.3, 0.4) is 0 Å². The molecule has 0 aliphatic heterocycles. The highest BCUT2D eigenvalue weighted by molar-refractivity contribution is 7.92.